The van der Waals surface area contributed by atoms with Gasteiger partial charge >= 0.3 is 12.0 Å². The highest BCUT2D eigenvalue weighted by Crippen LogP contribution is 2.20. The lowest BCUT2D eigenvalue weighted by molar-refractivity contribution is -0.142. The largest absolute Gasteiger partial charge is 0.480 e. The number of carboxylic acids is 1. The highest BCUT2D eigenvalue weighted by atomic mass is 16.4. The molecule has 0 aliphatic heterocycles. The van der Waals surface area contributed by atoms with Gasteiger partial charge in [0.25, 0.3) is 0 Å². The van der Waals surface area contributed by atoms with E-state index in [2.05, 4.69) is 5.32 Å². The van der Waals surface area contributed by atoms with Crippen molar-refractivity contribution in [3.8, 4) is 0 Å². The maximum Gasteiger partial charge on any atom is 0.326 e. The van der Waals surface area contributed by atoms with Gasteiger partial charge in [0.2, 0.25) is 0 Å². The summed E-state index contributed by atoms with van der Waals surface area (Å²) in [6.45, 7) is 11.8. The molecule has 0 aliphatic carbocycles. The summed E-state index contributed by atoms with van der Waals surface area (Å²) >= 11 is 0. The highest BCUT2D eigenvalue weighted by molar-refractivity contribution is 5.83. The first-order chi connectivity index (χ1) is 8.15. The zero-order chi connectivity index (χ0) is 14.5. The van der Waals surface area contributed by atoms with Gasteiger partial charge in [-0.15, -0.1) is 0 Å². The molecule has 0 aromatic carbocycles. The molecule has 0 aliphatic rings. The third-order valence-corrected chi connectivity index (χ3v) is 3.11. The number of hydrogen-bond acceptors (Lipinski definition) is 2. The quantitative estimate of drug-likeness (QED) is 0.795. The Kier molecular flexibility index (Phi) is 6.15. The number of aliphatic carboxylic acids is 1. The number of rotatable bonds is 5. The fourth-order valence-electron chi connectivity index (χ4n) is 1.73. The number of nitrogens with zero attached hydrogens (tertiary/aromatic N) is 1. The van der Waals surface area contributed by atoms with Crippen LogP contribution in [0.5, 0.6) is 0 Å². The molecule has 2 N–H and O–H groups in total. The maximum absolute atomic E-state index is 12.1. The molecule has 0 radical (unpaired) electrons. The van der Waals surface area contributed by atoms with Crippen LogP contribution in [-0.2, 0) is 4.79 Å². The fourth-order valence-corrected chi connectivity index (χ4v) is 1.73. The van der Waals surface area contributed by atoms with Crippen molar-refractivity contribution in [3.63, 3.8) is 0 Å². The van der Waals surface area contributed by atoms with Gasteiger partial charge in [-0.3, -0.25) is 0 Å². The van der Waals surface area contributed by atoms with Crippen molar-refractivity contribution in [1.82, 2.24) is 10.2 Å². The second kappa shape index (κ2) is 6.61. The van der Waals surface area contributed by atoms with Crippen molar-refractivity contribution in [1.29, 1.82) is 0 Å². The van der Waals surface area contributed by atoms with Gasteiger partial charge in [0, 0.05) is 12.6 Å². The first kappa shape index (κ1) is 16.7. The minimum Gasteiger partial charge on any atom is -0.480 e. The average molecular weight is 258 g/mol. The van der Waals surface area contributed by atoms with Crippen molar-refractivity contribution < 1.29 is 14.7 Å². The number of urea groups is 1. The lowest BCUT2D eigenvalue weighted by atomic mass is 9.87. The molecule has 1 unspecified atom stereocenters. The Morgan fingerprint density at radius 1 is 1.28 bits per heavy atom. The molecule has 0 saturated heterocycles. The summed E-state index contributed by atoms with van der Waals surface area (Å²) < 4.78 is 0. The van der Waals surface area contributed by atoms with Gasteiger partial charge in [0.05, 0.1) is 0 Å². The van der Waals surface area contributed by atoms with E-state index in [1.165, 1.54) is 0 Å². The summed E-state index contributed by atoms with van der Waals surface area (Å²) in [5.74, 6) is -1.00. The molecule has 2 atom stereocenters. The van der Waals surface area contributed by atoms with Gasteiger partial charge in [0.15, 0.2) is 0 Å². The minimum absolute atomic E-state index is 0.101. The molecule has 0 heterocycles. The second-order valence-corrected chi connectivity index (χ2v) is 5.63. The van der Waals surface area contributed by atoms with Crippen LogP contribution in [0, 0.1) is 5.41 Å². The summed E-state index contributed by atoms with van der Waals surface area (Å²) in [6.07, 6.45) is 0.842. The smallest absolute Gasteiger partial charge is 0.326 e. The van der Waals surface area contributed by atoms with E-state index in [4.69, 9.17) is 0 Å². The second-order valence-electron chi connectivity index (χ2n) is 5.63. The van der Waals surface area contributed by atoms with E-state index in [1.54, 1.807) is 25.7 Å². The molecule has 0 aromatic rings. The van der Waals surface area contributed by atoms with Gasteiger partial charge in [-0.1, -0.05) is 27.7 Å². The molecule has 5 heteroatoms. The van der Waals surface area contributed by atoms with Crippen LogP contribution in [0.4, 0.5) is 4.79 Å². The molecule has 2 amide bonds. The summed E-state index contributed by atoms with van der Waals surface area (Å²) in [5, 5.41) is 11.8. The first-order valence-electron chi connectivity index (χ1n) is 6.45. The lowest BCUT2D eigenvalue weighted by Gasteiger charge is -2.33. The standard InChI is InChI=1S/C13H26N2O3/c1-7-9(3)15(8-2)12(18)14-10(11(16)17)13(4,5)6/h9-10H,7-8H2,1-6H3,(H,14,18)(H,16,17)/t9?,10-/m1/s1. The van der Waals surface area contributed by atoms with Crippen molar-refractivity contribution in [2.45, 2.75) is 60.0 Å². The molecular weight excluding hydrogens is 232 g/mol. The molecule has 106 valence electrons. The first-order valence-corrected chi connectivity index (χ1v) is 6.45. The number of nitrogens with one attached hydrogen (secondary N) is 1. The Labute approximate surface area is 110 Å². The maximum atomic E-state index is 12.1. The molecule has 18 heavy (non-hydrogen) atoms. The van der Waals surface area contributed by atoms with Crippen molar-refractivity contribution >= 4 is 12.0 Å². The SMILES string of the molecule is CCC(C)N(CC)C(=O)N[C@H](C(=O)O)C(C)(C)C. The fraction of sp³-hybridized carbons (Fsp3) is 0.846. The van der Waals surface area contributed by atoms with E-state index in [0.29, 0.717) is 6.54 Å². The van der Waals surface area contributed by atoms with E-state index in [1.807, 2.05) is 20.8 Å². The Hall–Kier alpha value is -1.26. The van der Waals surface area contributed by atoms with Crippen molar-refractivity contribution in [2.24, 2.45) is 5.41 Å². The summed E-state index contributed by atoms with van der Waals surface area (Å²) in [7, 11) is 0. The van der Waals surface area contributed by atoms with E-state index < -0.39 is 17.4 Å². The molecule has 5 nitrogen and oxygen atoms in total. The molecule has 0 bridgehead atoms. The molecule has 0 saturated carbocycles. The van der Waals surface area contributed by atoms with Crippen LogP contribution in [0.2, 0.25) is 0 Å². The van der Waals surface area contributed by atoms with Gasteiger partial charge < -0.3 is 15.3 Å². The number of carbonyl (C=O) groups is 2. The van der Waals surface area contributed by atoms with Crippen LogP contribution in [0.25, 0.3) is 0 Å². The number of carbonyl (C=O) groups excluding carboxylic acids is 1. The monoisotopic (exact) mass is 258 g/mol. The van der Waals surface area contributed by atoms with Gasteiger partial charge in [-0.25, -0.2) is 9.59 Å². The molecule has 0 rings (SSSR count). The highest BCUT2D eigenvalue weighted by Gasteiger charge is 2.34. The third kappa shape index (κ3) is 4.55. The number of hydrogen-bond donors (Lipinski definition) is 2. The Morgan fingerprint density at radius 3 is 2.06 bits per heavy atom. The Bertz CT molecular complexity index is 297. The third-order valence-electron chi connectivity index (χ3n) is 3.11. The van der Waals surface area contributed by atoms with Crippen LogP contribution < -0.4 is 5.32 Å². The normalized spacial score (nSPS) is 14.8. The average Bonchev–Trinajstić information content (AvgIpc) is 2.24. The number of amides is 2. The van der Waals surface area contributed by atoms with Gasteiger partial charge in [-0.2, -0.15) is 0 Å². The van der Waals surface area contributed by atoms with Crippen LogP contribution in [-0.4, -0.2) is 40.6 Å². The van der Waals surface area contributed by atoms with Gasteiger partial charge in [-0.05, 0) is 25.7 Å². The van der Waals surface area contributed by atoms with Gasteiger partial charge in [0.1, 0.15) is 6.04 Å². The Morgan fingerprint density at radius 2 is 1.78 bits per heavy atom. The molecular formula is C13H26N2O3. The molecule has 0 aromatic heterocycles. The molecule has 0 fully saturated rings. The zero-order valence-electron chi connectivity index (χ0n) is 12.3. The van der Waals surface area contributed by atoms with Crippen molar-refractivity contribution in [3.05, 3.63) is 0 Å². The summed E-state index contributed by atoms with van der Waals surface area (Å²) in [4.78, 5) is 24.9. The zero-order valence-corrected chi connectivity index (χ0v) is 12.3. The van der Waals surface area contributed by atoms with Crippen LogP contribution in [0.1, 0.15) is 48.0 Å². The van der Waals surface area contributed by atoms with Crippen LogP contribution in [0.15, 0.2) is 0 Å². The minimum atomic E-state index is -1.00. The lowest BCUT2D eigenvalue weighted by Crippen LogP contribution is -2.54. The predicted molar refractivity (Wildman–Crippen MR) is 71.5 cm³/mol. The number of carboxylic acid groups (broad SMARTS) is 1. The topological polar surface area (TPSA) is 69.6 Å². The Balaban J connectivity index is 4.84. The van der Waals surface area contributed by atoms with E-state index in [-0.39, 0.29) is 12.1 Å². The van der Waals surface area contributed by atoms with Crippen LogP contribution in [0.3, 0.4) is 0 Å². The predicted octanol–water partition coefficient (Wildman–Crippen LogP) is 2.32. The molecule has 0 spiro atoms. The summed E-state index contributed by atoms with van der Waals surface area (Å²) in [6, 6.07) is -1.10. The van der Waals surface area contributed by atoms with E-state index >= 15 is 0 Å². The van der Waals surface area contributed by atoms with E-state index in [0.717, 1.165) is 6.42 Å². The van der Waals surface area contributed by atoms with Crippen molar-refractivity contribution in [2.75, 3.05) is 6.54 Å². The van der Waals surface area contributed by atoms with E-state index in [9.17, 15) is 14.7 Å². The van der Waals surface area contributed by atoms with Crippen LogP contribution >= 0.6 is 0 Å². The summed E-state index contributed by atoms with van der Waals surface area (Å²) in [5.41, 5.74) is -0.518.